The molecule has 18 heavy (non-hydrogen) atoms. The molecule has 8 nitrogen and oxygen atoms in total. The van der Waals surface area contributed by atoms with Crippen LogP contribution < -0.4 is 11.1 Å². The number of H-pyrrole nitrogens is 1. The number of carbonyl (C=O) groups excluding carboxylic acids is 1. The van der Waals surface area contributed by atoms with Gasteiger partial charge in [0.2, 0.25) is 0 Å². The zero-order valence-electron chi connectivity index (χ0n) is 10.0. The molecule has 2 heterocycles. The van der Waals surface area contributed by atoms with E-state index in [9.17, 15) is 4.79 Å². The number of anilines is 1. The van der Waals surface area contributed by atoms with Crippen molar-refractivity contribution in [2.75, 3.05) is 5.73 Å². The molecule has 0 saturated carbocycles. The lowest BCUT2D eigenvalue weighted by molar-refractivity contribution is 0.0939. The van der Waals surface area contributed by atoms with Crippen molar-refractivity contribution in [1.82, 2.24) is 30.9 Å². The second kappa shape index (κ2) is 4.78. The molecule has 0 aromatic carbocycles. The molecule has 1 amide bonds. The lowest BCUT2D eigenvalue weighted by Crippen LogP contribution is -2.28. The number of pyridine rings is 1. The summed E-state index contributed by atoms with van der Waals surface area (Å²) >= 11 is 0. The van der Waals surface area contributed by atoms with Gasteiger partial charge in [-0.25, -0.2) is 0 Å². The number of aromatic amines is 1. The SMILES string of the molecule is Cc1cc(N)c(C(=O)NC(C)c2nn[nH]n2)cn1. The number of nitrogens with one attached hydrogen (secondary N) is 2. The molecule has 2 aromatic rings. The molecule has 0 aliphatic rings. The van der Waals surface area contributed by atoms with E-state index in [0.717, 1.165) is 5.69 Å². The molecule has 0 fully saturated rings. The lowest BCUT2D eigenvalue weighted by Gasteiger charge is -2.11. The van der Waals surface area contributed by atoms with Crippen molar-refractivity contribution < 1.29 is 4.79 Å². The highest BCUT2D eigenvalue weighted by Crippen LogP contribution is 2.13. The van der Waals surface area contributed by atoms with Crippen molar-refractivity contribution in [2.45, 2.75) is 19.9 Å². The number of nitrogens with zero attached hydrogens (tertiary/aromatic N) is 4. The summed E-state index contributed by atoms with van der Waals surface area (Å²) in [4.78, 5) is 16.0. The van der Waals surface area contributed by atoms with E-state index >= 15 is 0 Å². The first-order valence-corrected chi connectivity index (χ1v) is 5.34. The average molecular weight is 247 g/mol. The summed E-state index contributed by atoms with van der Waals surface area (Å²) in [7, 11) is 0. The molecule has 0 aliphatic heterocycles. The van der Waals surface area contributed by atoms with Crippen molar-refractivity contribution in [2.24, 2.45) is 0 Å². The molecule has 1 atom stereocenters. The van der Waals surface area contributed by atoms with Gasteiger partial charge in [0, 0.05) is 17.6 Å². The van der Waals surface area contributed by atoms with Gasteiger partial charge in [0.1, 0.15) is 0 Å². The Morgan fingerprint density at radius 1 is 1.56 bits per heavy atom. The van der Waals surface area contributed by atoms with E-state index in [-0.39, 0.29) is 11.9 Å². The van der Waals surface area contributed by atoms with Gasteiger partial charge in [0.05, 0.1) is 11.6 Å². The van der Waals surface area contributed by atoms with Crippen LogP contribution in [0.25, 0.3) is 0 Å². The van der Waals surface area contributed by atoms with E-state index in [4.69, 9.17) is 5.73 Å². The Morgan fingerprint density at radius 2 is 2.33 bits per heavy atom. The normalized spacial score (nSPS) is 12.1. The number of tetrazole rings is 1. The Labute approximate surface area is 103 Å². The fourth-order valence-corrected chi connectivity index (χ4v) is 1.46. The number of amides is 1. The minimum absolute atomic E-state index is 0.322. The minimum atomic E-state index is -0.364. The van der Waals surface area contributed by atoms with E-state index in [2.05, 4.69) is 30.9 Å². The van der Waals surface area contributed by atoms with E-state index in [1.807, 2.05) is 0 Å². The molecule has 2 rings (SSSR count). The van der Waals surface area contributed by atoms with E-state index < -0.39 is 0 Å². The third-order valence-corrected chi connectivity index (χ3v) is 2.41. The third kappa shape index (κ3) is 2.42. The average Bonchev–Trinajstić information content (AvgIpc) is 2.81. The number of nitrogen functional groups attached to an aromatic ring is 1. The van der Waals surface area contributed by atoms with Crippen LogP contribution in [0.5, 0.6) is 0 Å². The van der Waals surface area contributed by atoms with Crippen LogP contribution in [0.1, 0.15) is 34.8 Å². The van der Waals surface area contributed by atoms with E-state index in [1.165, 1.54) is 6.20 Å². The van der Waals surface area contributed by atoms with Crippen LogP contribution in [0.2, 0.25) is 0 Å². The maximum absolute atomic E-state index is 12.0. The number of aromatic nitrogens is 5. The highest BCUT2D eigenvalue weighted by molar-refractivity contribution is 5.98. The Morgan fingerprint density at radius 3 is 2.94 bits per heavy atom. The zero-order valence-corrected chi connectivity index (χ0v) is 10.0. The zero-order chi connectivity index (χ0) is 13.1. The predicted molar refractivity (Wildman–Crippen MR) is 63.4 cm³/mol. The van der Waals surface area contributed by atoms with E-state index in [0.29, 0.717) is 17.1 Å². The van der Waals surface area contributed by atoms with Crippen molar-refractivity contribution >= 4 is 11.6 Å². The van der Waals surface area contributed by atoms with Crippen molar-refractivity contribution in [3.8, 4) is 0 Å². The van der Waals surface area contributed by atoms with Gasteiger partial charge < -0.3 is 11.1 Å². The van der Waals surface area contributed by atoms with Crippen LogP contribution in [-0.2, 0) is 0 Å². The summed E-state index contributed by atoms with van der Waals surface area (Å²) in [6, 6.07) is 1.28. The first kappa shape index (κ1) is 12.0. The van der Waals surface area contributed by atoms with Crippen molar-refractivity contribution in [3.63, 3.8) is 0 Å². The van der Waals surface area contributed by atoms with Gasteiger partial charge in [-0.3, -0.25) is 9.78 Å². The van der Waals surface area contributed by atoms with Crippen molar-refractivity contribution in [3.05, 3.63) is 29.3 Å². The summed E-state index contributed by atoms with van der Waals surface area (Å²) in [6.45, 7) is 3.56. The number of carbonyl (C=O) groups is 1. The Hall–Kier alpha value is -2.51. The summed E-state index contributed by atoms with van der Waals surface area (Å²) in [6.07, 6.45) is 1.45. The number of rotatable bonds is 3. The van der Waals surface area contributed by atoms with Gasteiger partial charge in [0.25, 0.3) is 5.91 Å². The number of aryl methyl sites for hydroxylation is 1. The topological polar surface area (TPSA) is 122 Å². The van der Waals surface area contributed by atoms with Crippen LogP contribution in [0.3, 0.4) is 0 Å². The van der Waals surface area contributed by atoms with Gasteiger partial charge in [0.15, 0.2) is 5.82 Å². The van der Waals surface area contributed by atoms with Gasteiger partial charge in [-0.05, 0) is 19.9 Å². The predicted octanol–water partition coefficient (Wildman–Crippen LogP) is -0.0237. The molecular weight excluding hydrogens is 234 g/mol. The fraction of sp³-hybridized carbons (Fsp3) is 0.300. The molecular formula is C10H13N7O. The van der Waals surface area contributed by atoms with Gasteiger partial charge in [-0.2, -0.15) is 5.21 Å². The second-order valence-electron chi connectivity index (χ2n) is 3.88. The highest BCUT2D eigenvalue weighted by atomic mass is 16.1. The van der Waals surface area contributed by atoms with Crippen LogP contribution >= 0.6 is 0 Å². The molecule has 0 aliphatic carbocycles. The fourth-order valence-electron chi connectivity index (χ4n) is 1.46. The summed E-state index contributed by atoms with van der Waals surface area (Å²) in [5.74, 6) is 0.0827. The Bertz CT molecular complexity index is 551. The summed E-state index contributed by atoms with van der Waals surface area (Å²) in [5, 5.41) is 16.0. The van der Waals surface area contributed by atoms with Crippen LogP contribution in [-0.4, -0.2) is 31.5 Å². The number of hydrogen-bond acceptors (Lipinski definition) is 6. The molecule has 4 N–H and O–H groups in total. The summed E-state index contributed by atoms with van der Waals surface area (Å²) in [5.41, 5.74) is 7.24. The van der Waals surface area contributed by atoms with Gasteiger partial charge >= 0.3 is 0 Å². The number of nitrogens with two attached hydrogens (primary N) is 1. The van der Waals surface area contributed by atoms with Crippen LogP contribution in [0, 0.1) is 6.92 Å². The van der Waals surface area contributed by atoms with E-state index in [1.54, 1.807) is 19.9 Å². The number of hydrogen-bond donors (Lipinski definition) is 3. The Balaban J connectivity index is 2.12. The third-order valence-electron chi connectivity index (χ3n) is 2.41. The minimum Gasteiger partial charge on any atom is -0.398 e. The molecule has 94 valence electrons. The van der Waals surface area contributed by atoms with Crippen molar-refractivity contribution in [1.29, 1.82) is 0 Å². The molecule has 0 radical (unpaired) electrons. The maximum Gasteiger partial charge on any atom is 0.255 e. The first-order valence-electron chi connectivity index (χ1n) is 5.34. The van der Waals surface area contributed by atoms with Gasteiger partial charge in [-0.15, -0.1) is 10.2 Å². The molecule has 8 heteroatoms. The van der Waals surface area contributed by atoms with Gasteiger partial charge in [-0.1, -0.05) is 5.21 Å². The molecule has 0 bridgehead atoms. The largest absolute Gasteiger partial charge is 0.398 e. The Kier molecular flexibility index (Phi) is 3.18. The first-order chi connectivity index (χ1) is 8.58. The monoisotopic (exact) mass is 247 g/mol. The smallest absolute Gasteiger partial charge is 0.255 e. The molecule has 1 unspecified atom stereocenters. The van der Waals surface area contributed by atoms with Crippen LogP contribution in [0.4, 0.5) is 5.69 Å². The standard InChI is InChI=1S/C10H13N7O/c1-5-3-8(11)7(4-12-5)10(18)13-6(2)9-14-16-17-15-9/h3-4,6H,1-2H3,(H2,11,12)(H,13,18)(H,14,15,16,17). The summed E-state index contributed by atoms with van der Waals surface area (Å²) < 4.78 is 0. The molecule has 0 spiro atoms. The van der Waals surface area contributed by atoms with Crippen LogP contribution in [0.15, 0.2) is 12.3 Å². The second-order valence-corrected chi connectivity index (χ2v) is 3.88. The maximum atomic E-state index is 12.0. The quantitative estimate of drug-likeness (QED) is 0.700. The highest BCUT2D eigenvalue weighted by Gasteiger charge is 2.16. The lowest BCUT2D eigenvalue weighted by atomic mass is 10.2. The molecule has 0 saturated heterocycles. The molecule has 2 aromatic heterocycles.